The number of carbonyl (C=O) groups is 1. The van der Waals surface area contributed by atoms with Gasteiger partial charge in [0.05, 0.1) is 10.5 Å². The van der Waals surface area contributed by atoms with Crippen LogP contribution in [0.15, 0.2) is 46.6 Å². The van der Waals surface area contributed by atoms with Gasteiger partial charge in [-0.3, -0.25) is 4.79 Å². The number of rotatable bonds is 5. The first-order chi connectivity index (χ1) is 13.3. The van der Waals surface area contributed by atoms with Gasteiger partial charge in [0.25, 0.3) is 0 Å². The van der Waals surface area contributed by atoms with E-state index in [1.807, 2.05) is 39.0 Å². The maximum absolute atomic E-state index is 12.1. The molecule has 0 fully saturated rings. The standard InChI is InChI=1S/C20H19Cl2N3O3/c1-11(2)25-16-6-4-12(3)8-14(16)19(20(25)27)24-23-18(26)10-28-17-7-5-13(21)9-15(17)22/h4-9,11,27H,10H2,1-3H3. The van der Waals surface area contributed by atoms with E-state index >= 15 is 0 Å². The highest BCUT2D eigenvalue weighted by Crippen LogP contribution is 2.41. The molecule has 3 aromatic rings. The molecule has 6 nitrogen and oxygen atoms in total. The van der Waals surface area contributed by atoms with Crippen LogP contribution in [0.4, 0.5) is 5.69 Å². The van der Waals surface area contributed by atoms with Gasteiger partial charge in [-0.1, -0.05) is 34.8 Å². The Labute approximate surface area is 172 Å². The zero-order valence-electron chi connectivity index (χ0n) is 15.6. The molecule has 0 bridgehead atoms. The van der Waals surface area contributed by atoms with Crippen LogP contribution in [0.2, 0.25) is 10.0 Å². The monoisotopic (exact) mass is 419 g/mol. The van der Waals surface area contributed by atoms with E-state index in [0.717, 1.165) is 16.5 Å². The van der Waals surface area contributed by atoms with E-state index < -0.39 is 5.91 Å². The number of hydrogen-bond donors (Lipinski definition) is 1. The Hall–Kier alpha value is -2.57. The van der Waals surface area contributed by atoms with Crippen molar-refractivity contribution in [3.8, 4) is 11.6 Å². The molecular formula is C20H19Cl2N3O3. The van der Waals surface area contributed by atoms with Crippen LogP contribution < -0.4 is 4.74 Å². The minimum absolute atomic E-state index is 0.0141. The molecule has 28 heavy (non-hydrogen) atoms. The second-order valence-electron chi connectivity index (χ2n) is 6.61. The number of aromatic hydroxyl groups is 1. The molecule has 0 aliphatic heterocycles. The van der Waals surface area contributed by atoms with Crippen molar-refractivity contribution in [3.05, 3.63) is 52.0 Å². The fourth-order valence-electron chi connectivity index (χ4n) is 2.89. The van der Waals surface area contributed by atoms with Crippen LogP contribution in [-0.2, 0) is 4.79 Å². The fraction of sp³-hybridized carbons (Fsp3) is 0.250. The lowest BCUT2D eigenvalue weighted by atomic mass is 10.1. The van der Waals surface area contributed by atoms with Crippen molar-refractivity contribution in [2.24, 2.45) is 10.2 Å². The smallest absolute Gasteiger partial charge is 0.302 e. The van der Waals surface area contributed by atoms with Gasteiger partial charge >= 0.3 is 5.91 Å². The van der Waals surface area contributed by atoms with E-state index in [2.05, 4.69) is 10.2 Å². The van der Waals surface area contributed by atoms with Gasteiger partial charge in [-0.15, -0.1) is 10.2 Å². The summed E-state index contributed by atoms with van der Waals surface area (Å²) in [6, 6.07) is 10.5. The molecule has 3 rings (SSSR count). The average molecular weight is 420 g/mol. The molecule has 8 heteroatoms. The topological polar surface area (TPSA) is 76.2 Å². The van der Waals surface area contributed by atoms with Crippen LogP contribution in [0.1, 0.15) is 25.5 Å². The summed E-state index contributed by atoms with van der Waals surface area (Å²) in [7, 11) is 0. The number of fused-ring (bicyclic) bond motifs is 1. The molecule has 0 aliphatic carbocycles. The van der Waals surface area contributed by atoms with Crippen molar-refractivity contribution >= 4 is 45.7 Å². The number of halogens is 2. The van der Waals surface area contributed by atoms with Gasteiger partial charge in [-0.25, -0.2) is 0 Å². The lowest BCUT2D eigenvalue weighted by Gasteiger charge is -2.10. The molecule has 0 radical (unpaired) electrons. The van der Waals surface area contributed by atoms with Crippen LogP contribution in [0.5, 0.6) is 11.6 Å². The van der Waals surface area contributed by atoms with Crippen molar-refractivity contribution in [1.29, 1.82) is 0 Å². The van der Waals surface area contributed by atoms with Crippen LogP contribution in [0.3, 0.4) is 0 Å². The second kappa shape index (κ2) is 8.20. The molecule has 146 valence electrons. The summed E-state index contributed by atoms with van der Waals surface area (Å²) in [6.07, 6.45) is 0. The molecule has 1 aromatic heterocycles. The highest BCUT2D eigenvalue weighted by molar-refractivity contribution is 6.35. The van der Waals surface area contributed by atoms with Crippen molar-refractivity contribution in [2.45, 2.75) is 26.8 Å². The molecule has 0 unspecified atom stereocenters. The van der Waals surface area contributed by atoms with E-state index in [0.29, 0.717) is 15.8 Å². The number of amides is 1. The maximum Gasteiger partial charge on any atom is 0.302 e. The summed E-state index contributed by atoms with van der Waals surface area (Å²) in [5.41, 5.74) is 2.09. The predicted octanol–water partition coefficient (Wildman–Crippen LogP) is 6.23. The third-order valence-corrected chi connectivity index (χ3v) is 4.66. The third kappa shape index (κ3) is 4.13. The van der Waals surface area contributed by atoms with Crippen molar-refractivity contribution in [3.63, 3.8) is 0 Å². The lowest BCUT2D eigenvalue weighted by molar-refractivity contribution is -0.120. The highest BCUT2D eigenvalue weighted by Gasteiger charge is 2.19. The van der Waals surface area contributed by atoms with Crippen LogP contribution in [0.25, 0.3) is 10.9 Å². The van der Waals surface area contributed by atoms with Gasteiger partial charge in [-0.2, -0.15) is 0 Å². The maximum atomic E-state index is 12.1. The normalized spacial score (nSPS) is 11.6. The first kappa shape index (κ1) is 20.2. The fourth-order valence-corrected chi connectivity index (χ4v) is 3.35. The van der Waals surface area contributed by atoms with E-state index in [1.165, 1.54) is 6.07 Å². The summed E-state index contributed by atoms with van der Waals surface area (Å²) >= 11 is 11.8. The Morgan fingerprint density at radius 1 is 1.21 bits per heavy atom. The van der Waals surface area contributed by atoms with E-state index in [-0.39, 0.29) is 24.2 Å². The molecule has 1 amide bonds. The largest absolute Gasteiger partial charge is 0.493 e. The average Bonchev–Trinajstić information content (AvgIpc) is 2.90. The van der Waals surface area contributed by atoms with Crippen molar-refractivity contribution in [2.75, 3.05) is 6.61 Å². The number of aryl methyl sites for hydroxylation is 1. The van der Waals surface area contributed by atoms with Crippen LogP contribution in [0, 0.1) is 6.92 Å². The highest BCUT2D eigenvalue weighted by atomic mass is 35.5. The summed E-state index contributed by atoms with van der Waals surface area (Å²) < 4.78 is 7.11. The SMILES string of the molecule is Cc1ccc2c(c1)c(N=NC(=O)COc1ccc(Cl)cc1Cl)c(O)n2C(C)C. The van der Waals surface area contributed by atoms with Crippen molar-refractivity contribution in [1.82, 2.24) is 4.57 Å². The van der Waals surface area contributed by atoms with E-state index in [4.69, 9.17) is 27.9 Å². The molecular weight excluding hydrogens is 401 g/mol. The van der Waals surface area contributed by atoms with Crippen LogP contribution in [-0.4, -0.2) is 22.2 Å². The van der Waals surface area contributed by atoms with Gasteiger partial charge < -0.3 is 14.4 Å². The first-order valence-corrected chi connectivity index (χ1v) is 9.39. The molecule has 0 spiro atoms. The minimum atomic E-state index is -0.608. The number of hydrogen-bond acceptors (Lipinski definition) is 4. The molecule has 1 N–H and O–H groups in total. The molecule has 2 aromatic carbocycles. The Bertz CT molecular complexity index is 1070. The summed E-state index contributed by atoms with van der Waals surface area (Å²) in [5.74, 6) is -0.318. The Morgan fingerprint density at radius 3 is 2.64 bits per heavy atom. The zero-order valence-corrected chi connectivity index (χ0v) is 17.1. The molecule has 0 saturated heterocycles. The molecule has 0 aliphatic rings. The van der Waals surface area contributed by atoms with E-state index in [1.54, 1.807) is 16.7 Å². The first-order valence-electron chi connectivity index (χ1n) is 8.64. The molecule has 1 heterocycles. The zero-order chi connectivity index (χ0) is 20.4. The predicted molar refractivity (Wildman–Crippen MR) is 110 cm³/mol. The van der Waals surface area contributed by atoms with E-state index in [9.17, 15) is 9.90 Å². The minimum Gasteiger partial charge on any atom is -0.493 e. The quantitative estimate of drug-likeness (QED) is 0.497. The van der Waals surface area contributed by atoms with Gasteiger partial charge in [0.1, 0.15) is 5.75 Å². The van der Waals surface area contributed by atoms with Gasteiger partial charge in [0, 0.05) is 16.5 Å². The Balaban J connectivity index is 1.83. The van der Waals surface area contributed by atoms with Gasteiger partial charge in [0.2, 0.25) is 5.88 Å². The second-order valence-corrected chi connectivity index (χ2v) is 7.46. The number of ether oxygens (including phenoxy) is 1. The van der Waals surface area contributed by atoms with Crippen LogP contribution >= 0.6 is 23.2 Å². The number of nitrogens with zero attached hydrogens (tertiary/aromatic N) is 3. The lowest BCUT2D eigenvalue weighted by Crippen LogP contribution is -2.08. The summed E-state index contributed by atoms with van der Waals surface area (Å²) in [5, 5.41) is 19.8. The Kier molecular flexibility index (Phi) is 5.91. The third-order valence-electron chi connectivity index (χ3n) is 4.13. The number of benzene rings is 2. The van der Waals surface area contributed by atoms with Gasteiger partial charge in [0.15, 0.2) is 12.3 Å². The van der Waals surface area contributed by atoms with Gasteiger partial charge in [-0.05, 0) is 51.1 Å². The number of aromatic nitrogens is 1. The number of carbonyl (C=O) groups excluding carboxylic acids is 1. The Morgan fingerprint density at radius 2 is 1.96 bits per heavy atom. The van der Waals surface area contributed by atoms with Crippen molar-refractivity contribution < 1.29 is 14.6 Å². The number of azo groups is 1. The summed E-state index contributed by atoms with van der Waals surface area (Å²) in [4.78, 5) is 12.1. The molecule has 0 atom stereocenters. The summed E-state index contributed by atoms with van der Waals surface area (Å²) in [6.45, 7) is 5.51. The molecule has 0 saturated carbocycles.